The standard InChI is InChI=1S/C19H30BrN5O2/c1-19(2,25-10-12-27-13-11-25)14-23-18(21-3)22-9-8-17(26)24-16-6-4-15(20)5-7-16/h4-7H,8-14H2,1-3H3,(H,24,26)(H2,21,22,23). The second-order valence-electron chi connectivity index (χ2n) is 7.07. The minimum atomic E-state index is -0.0334. The maximum atomic E-state index is 12.0. The van der Waals surface area contributed by atoms with Crippen molar-refractivity contribution in [1.82, 2.24) is 15.5 Å². The summed E-state index contributed by atoms with van der Waals surface area (Å²) in [6.45, 7) is 9.15. The Morgan fingerprint density at radius 2 is 1.89 bits per heavy atom. The fourth-order valence-electron chi connectivity index (χ4n) is 2.85. The smallest absolute Gasteiger partial charge is 0.226 e. The average Bonchev–Trinajstić information content (AvgIpc) is 2.67. The summed E-state index contributed by atoms with van der Waals surface area (Å²) in [5.41, 5.74) is 0.790. The number of halogens is 1. The molecule has 0 spiro atoms. The van der Waals surface area contributed by atoms with Crippen LogP contribution in [0.5, 0.6) is 0 Å². The first-order valence-electron chi connectivity index (χ1n) is 9.23. The number of carbonyl (C=O) groups is 1. The van der Waals surface area contributed by atoms with E-state index in [2.05, 4.69) is 55.6 Å². The van der Waals surface area contributed by atoms with Gasteiger partial charge in [0, 0.05) is 55.3 Å². The summed E-state index contributed by atoms with van der Waals surface area (Å²) in [5, 5.41) is 9.44. The van der Waals surface area contributed by atoms with E-state index in [9.17, 15) is 4.79 Å². The van der Waals surface area contributed by atoms with Crippen LogP contribution in [0, 0.1) is 0 Å². The molecule has 0 atom stereocenters. The Balaban J connectivity index is 1.70. The van der Waals surface area contributed by atoms with Crippen LogP contribution in [0.2, 0.25) is 0 Å². The molecule has 1 saturated heterocycles. The predicted octanol–water partition coefficient (Wildman–Crippen LogP) is 2.05. The third-order valence-corrected chi connectivity index (χ3v) is 5.08. The van der Waals surface area contributed by atoms with Crippen molar-refractivity contribution in [1.29, 1.82) is 0 Å². The third-order valence-electron chi connectivity index (χ3n) is 4.55. The van der Waals surface area contributed by atoms with Crippen molar-refractivity contribution >= 4 is 33.5 Å². The van der Waals surface area contributed by atoms with Gasteiger partial charge in [-0.2, -0.15) is 0 Å². The summed E-state index contributed by atoms with van der Waals surface area (Å²) in [6.07, 6.45) is 0.365. The average molecular weight is 440 g/mol. The number of aliphatic imine (C=N–C) groups is 1. The quantitative estimate of drug-likeness (QED) is 0.447. The Bertz CT molecular complexity index is 627. The van der Waals surface area contributed by atoms with E-state index >= 15 is 0 Å². The lowest BCUT2D eigenvalue weighted by molar-refractivity contribution is -0.116. The van der Waals surface area contributed by atoms with E-state index in [0.717, 1.165) is 43.0 Å². The zero-order chi connectivity index (χ0) is 19.7. The fraction of sp³-hybridized carbons (Fsp3) is 0.579. The molecule has 27 heavy (non-hydrogen) atoms. The van der Waals surface area contributed by atoms with Crippen molar-refractivity contribution in [3.8, 4) is 0 Å². The third kappa shape index (κ3) is 7.48. The maximum absolute atomic E-state index is 12.0. The molecular formula is C19H30BrN5O2. The molecule has 1 aliphatic rings. The molecule has 0 radical (unpaired) electrons. The van der Waals surface area contributed by atoms with Crippen molar-refractivity contribution < 1.29 is 9.53 Å². The molecule has 1 heterocycles. The Labute approximate surface area is 170 Å². The molecule has 1 amide bonds. The predicted molar refractivity (Wildman–Crippen MR) is 113 cm³/mol. The summed E-state index contributed by atoms with van der Waals surface area (Å²) >= 11 is 3.38. The molecule has 1 fully saturated rings. The maximum Gasteiger partial charge on any atom is 0.226 e. The van der Waals surface area contributed by atoms with Gasteiger partial charge in [-0.1, -0.05) is 15.9 Å². The zero-order valence-corrected chi connectivity index (χ0v) is 17.9. The lowest BCUT2D eigenvalue weighted by atomic mass is 10.0. The first-order chi connectivity index (χ1) is 12.9. The van der Waals surface area contributed by atoms with E-state index in [4.69, 9.17) is 4.74 Å². The summed E-state index contributed by atoms with van der Waals surface area (Å²) in [6, 6.07) is 7.53. The second-order valence-corrected chi connectivity index (χ2v) is 7.99. The highest BCUT2D eigenvalue weighted by molar-refractivity contribution is 9.10. The number of guanidine groups is 1. The summed E-state index contributed by atoms with van der Waals surface area (Å²) in [7, 11) is 1.74. The molecule has 3 N–H and O–H groups in total. The van der Waals surface area contributed by atoms with Gasteiger partial charge in [0.25, 0.3) is 0 Å². The molecule has 2 rings (SSSR count). The molecule has 8 heteroatoms. The molecule has 0 aromatic heterocycles. The molecule has 0 aliphatic carbocycles. The van der Waals surface area contributed by atoms with Crippen LogP contribution in [0.1, 0.15) is 20.3 Å². The fourth-order valence-corrected chi connectivity index (χ4v) is 3.12. The molecule has 150 valence electrons. The number of carbonyl (C=O) groups excluding carboxylic acids is 1. The first kappa shape index (κ1) is 21.7. The Morgan fingerprint density at radius 3 is 2.52 bits per heavy atom. The minimum Gasteiger partial charge on any atom is -0.379 e. The van der Waals surface area contributed by atoms with E-state index in [1.54, 1.807) is 7.05 Å². The van der Waals surface area contributed by atoms with Crippen molar-refractivity contribution in [3.63, 3.8) is 0 Å². The SMILES string of the molecule is CN=C(NCCC(=O)Nc1ccc(Br)cc1)NCC(C)(C)N1CCOCC1. The molecule has 7 nitrogen and oxygen atoms in total. The van der Waals surface area contributed by atoms with Crippen LogP contribution in [0.25, 0.3) is 0 Å². The van der Waals surface area contributed by atoms with E-state index in [1.807, 2.05) is 24.3 Å². The molecular weight excluding hydrogens is 410 g/mol. The number of nitrogens with one attached hydrogen (secondary N) is 3. The Morgan fingerprint density at radius 1 is 1.22 bits per heavy atom. The number of amides is 1. The Kier molecular flexibility index (Phi) is 8.53. The van der Waals surface area contributed by atoms with Crippen molar-refractivity contribution in [2.75, 3.05) is 51.8 Å². The summed E-state index contributed by atoms with van der Waals surface area (Å²) in [5.74, 6) is 0.668. The van der Waals surface area contributed by atoms with Crippen molar-refractivity contribution in [2.45, 2.75) is 25.8 Å². The number of morpholine rings is 1. The summed E-state index contributed by atoms with van der Waals surface area (Å²) in [4.78, 5) is 18.7. The van der Waals surface area contributed by atoms with Gasteiger partial charge < -0.3 is 20.7 Å². The van der Waals surface area contributed by atoms with E-state index < -0.39 is 0 Å². The lowest BCUT2D eigenvalue weighted by Gasteiger charge is -2.41. The van der Waals surface area contributed by atoms with Crippen LogP contribution >= 0.6 is 15.9 Å². The zero-order valence-electron chi connectivity index (χ0n) is 16.3. The van der Waals surface area contributed by atoms with Gasteiger partial charge in [0.2, 0.25) is 5.91 Å². The first-order valence-corrected chi connectivity index (χ1v) is 10.0. The van der Waals surface area contributed by atoms with E-state index in [0.29, 0.717) is 18.9 Å². The largest absolute Gasteiger partial charge is 0.379 e. The highest BCUT2D eigenvalue weighted by Crippen LogP contribution is 2.15. The number of anilines is 1. The van der Waals surface area contributed by atoms with Gasteiger partial charge in [0.15, 0.2) is 5.96 Å². The highest BCUT2D eigenvalue weighted by atomic mass is 79.9. The van der Waals surface area contributed by atoms with Gasteiger partial charge in [0.1, 0.15) is 0 Å². The van der Waals surface area contributed by atoms with Crippen LogP contribution in [-0.2, 0) is 9.53 Å². The lowest BCUT2D eigenvalue weighted by Crippen LogP contribution is -2.56. The van der Waals surface area contributed by atoms with Gasteiger partial charge >= 0.3 is 0 Å². The second kappa shape index (κ2) is 10.6. The van der Waals surface area contributed by atoms with Crippen molar-refractivity contribution in [2.24, 2.45) is 4.99 Å². The molecule has 1 aliphatic heterocycles. The normalized spacial score (nSPS) is 16.1. The van der Waals surface area contributed by atoms with Gasteiger partial charge in [-0.3, -0.25) is 14.7 Å². The minimum absolute atomic E-state index is 0.000355. The monoisotopic (exact) mass is 439 g/mol. The highest BCUT2D eigenvalue weighted by Gasteiger charge is 2.28. The van der Waals surface area contributed by atoms with Gasteiger partial charge in [0.05, 0.1) is 13.2 Å². The number of nitrogens with zero attached hydrogens (tertiary/aromatic N) is 2. The summed E-state index contributed by atoms with van der Waals surface area (Å²) < 4.78 is 6.41. The molecule has 0 bridgehead atoms. The van der Waals surface area contributed by atoms with E-state index in [-0.39, 0.29) is 11.4 Å². The van der Waals surface area contributed by atoms with Crippen LogP contribution in [0.15, 0.2) is 33.7 Å². The number of benzene rings is 1. The molecule has 1 aromatic rings. The number of ether oxygens (including phenoxy) is 1. The number of hydrogen-bond acceptors (Lipinski definition) is 4. The van der Waals surface area contributed by atoms with Crippen LogP contribution < -0.4 is 16.0 Å². The van der Waals surface area contributed by atoms with Crippen LogP contribution in [0.3, 0.4) is 0 Å². The molecule has 0 unspecified atom stereocenters. The molecule has 1 aromatic carbocycles. The van der Waals surface area contributed by atoms with Crippen LogP contribution in [-0.4, -0.2) is 68.7 Å². The van der Waals surface area contributed by atoms with E-state index in [1.165, 1.54) is 0 Å². The molecule has 0 saturated carbocycles. The van der Waals surface area contributed by atoms with Gasteiger partial charge in [-0.25, -0.2) is 0 Å². The number of hydrogen-bond donors (Lipinski definition) is 3. The van der Waals surface area contributed by atoms with Crippen LogP contribution in [0.4, 0.5) is 5.69 Å². The van der Waals surface area contributed by atoms with Gasteiger partial charge in [-0.15, -0.1) is 0 Å². The number of rotatable bonds is 7. The van der Waals surface area contributed by atoms with Crippen molar-refractivity contribution in [3.05, 3.63) is 28.7 Å². The van der Waals surface area contributed by atoms with Gasteiger partial charge in [-0.05, 0) is 38.1 Å². The topological polar surface area (TPSA) is 78.0 Å². The Hall–Kier alpha value is -1.64.